The van der Waals surface area contributed by atoms with E-state index < -0.39 is 10.8 Å². The highest BCUT2D eigenvalue weighted by molar-refractivity contribution is 7.99. The summed E-state index contributed by atoms with van der Waals surface area (Å²) in [7, 11) is 1.74. The molecule has 0 aliphatic rings. The van der Waals surface area contributed by atoms with Crippen LogP contribution in [0.4, 0.5) is 11.5 Å². The summed E-state index contributed by atoms with van der Waals surface area (Å²) in [5, 5.41) is 18.4. The van der Waals surface area contributed by atoms with Crippen LogP contribution in [-0.4, -0.2) is 26.4 Å². The minimum Gasteiger partial charge on any atom is -0.307 e. The standard InChI is InChI=1S/C18H24N4O3S/c1-5-14-11-17(21(4)20-14)19-18(23)13-6-7-16(15(10-13)22(24)25)26-9-8-12(2)3/h6-7,10-12H,5,8-9H2,1-4H3,(H,19,23). The fraction of sp³-hybridized carbons (Fsp3) is 0.444. The first-order valence-electron chi connectivity index (χ1n) is 8.57. The third-order valence-electron chi connectivity index (χ3n) is 3.90. The Balaban J connectivity index is 2.18. The van der Waals surface area contributed by atoms with Crippen molar-refractivity contribution in [2.45, 2.75) is 38.5 Å². The van der Waals surface area contributed by atoms with E-state index in [-0.39, 0.29) is 11.3 Å². The average Bonchev–Trinajstić information content (AvgIpc) is 2.94. The van der Waals surface area contributed by atoms with Gasteiger partial charge in [-0.15, -0.1) is 11.8 Å². The van der Waals surface area contributed by atoms with Crippen LogP contribution < -0.4 is 5.32 Å². The number of carbonyl (C=O) groups excluding carboxylic acids is 1. The smallest absolute Gasteiger partial charge is 0.283 e. The van der Waals surface area contributed by atoms with E-state index in [1.807, 2.05) is 6.92 Å². The van der Waals surface area contributed by atoms with Crippen LogP contribution in [0.1, 0.15) is 43.2 Å². The predicted octanol–water partition coefficient (Wildman–Crippen LogP) is 4.28. The summed E-state index contributed by atoms with van der Waals surface area (Å²) in [4.78, 5) is 24.0. The van der Waals surface area contributed by atoms with Crippen molar-refractivity contribution >= 4 is 29.2 Å². The van der Waals surface area contributed by atoms with Crippen LogP contribution in [0, 0.1) is 16.0 Å². The van der Waals surface area contributed by atoms with Crippen molar-refractivity contribution in [3.05, 3.63) is 45.6 Å². The van der Waals surface area contributed by atoms with Gasteiger partial charge in [0.2, 0.25) is 0 Å². The van der Waals surface area contributed by atoms with Gasteiger partial charge < -0.3 is 5.32 Å². The molecule has 0 unspecified atom stereocenters. The van der Waals surface area contributed by atoms with Gasteiger partial charge in [-0.3, -0.25) is 19.6 Å². The quantitative estimate of drug-likeness (QED) is 0.422. The highest BCUT2D eigenvalue weighted by atomic mass is 32.2. The van der Waals surface area contributed by atoms with E-state index in [1.165, 1.54) is 17.8 Å². The molecule has 1 amide bonds. The minimum absolute atomic E-state index is 0.0364. The van der Waals surface area contributed by atoms with Crippen LogP contribution in [0.3, 0.4) is 0 Å². The van der Waals surface area contributed by atoms with Crippen LogP contribution in [0.25, 0.3) is 0 Å². The first-order chi connectivity index (χ1) is 12.3. The maximum Gasteiger partial charge on any atom is 0.283 e. The summed E-state index contributed by atoms with van der Waals surface area (Å²) in [5.74, 6) is 1.51. The Bertz CT molecular complexity index is 802. The summed E-state index contributed by atoms with van der Waals surface area (Å²) >= 11 is 1.45. The van der Waals surface area contributed by atoms with Gasteiger partial charge in [0, 0.05) is 24.7 Å². The normalized spacial score (nSPS) is 11.0. The summed E-state index contributed by atoms with van der Waals surface area (Å²) in [6.45, 7) is 6.21. The number of rotatable bonds is 8. The van der Waals surface area contributed by atoms with Gasteiger partial charge in [-0.1, -0.05) is 20.8 Å². The number of nitro groups is 1. The number of nitro benzene ring substituents is 1. The number of aromatic nitrogens is 2. The highest BCUT2D eigenvalue weighted by Crippen LogP contribution is 2.31. The Kier molecular flexibility index (Phi) is 6.79. The zero-order chi connectivity index (χ0) is 19.3. The Morgan fingerprint density at radius 3 is 2.69 bits per heavy atom. The van der Waals surface area contributed by atoms with E-state index in [0.29, 0.717) is 16.6 Å². The van der Waals surface area contributed by atoms with Crippen molar-refractivity contribution in [3.8, 4) is 0 Å². The molecule has 1 N–H and O–H groups in total. The molecule has 0 saturated carbocycles. The van der Waals surface area contributed by atoms with Gasteiger partial charge >= 0.3 is 0 Å². The molecule has 1 aromatic heterocycles. The number of hydrogen-bond acceptors (Lipinski definition) is 5. The molecule has 7 nitrogen and oxygen atoms in total. The van der Waals surface area contributed by atoms with E-state index >= 15 is 0 Å². The summed E-state index contributed by atoms with van der Waals surface area (Å²) in [5.41, 5.74) is 1.08. The number of amides is 1. The lowest BCUT2D eigenvalue weighted by Gasteiger charge is -2.08. The zero-order valence-electron chi connectivity index (χ0n) is 15.5. The van der Waals surface area contributed by atoms with Gasteiger partial charge in [-0.2, -0.15) is 5.10 Å². The van der Waals surface area contributed by atoms with Gasteiger partial charge in [-0.05, 0) is 36.6 Å². The molecule has 0 saturated heterocycles. The molecular formula is C18H24N4O3S. The van der Waals surface area contributed by atoms with Gasteiger partial charge in [0.05, 0.1) is 15.5 Å². The molecule has 1 aromatic carbocycles. The molecule has 0 radical (unpaired) electrons. The zero-order valence-corrected chi connectivity index (χ0v) is 16.3. The SMILES string of the molecule is CCc1cc(NC(=O)c2ccc(SCCC(C)C)c([N+](=O)[O-])c2)n(C)n1. The molecule has 140 valence electrons. The number of carbonyl (C=O) groups is 1. The van der Waals surface area contributed by atoms with Gasteiger partial charge in [0.1, 0.15) is 5.82 Å². The van der Waals surface area contributed by atoms with E-state index in [2.05, 4.69) is 24.3 Å². The van der Waals surface area contributed by atoms with Crippen molar-refractivity contribution < 1.29 is 9.72 Å². The number of benzene rings is 1. The number of aryl methyl sites for hydroxylation is 2. The summed E-state index contributed by atoms with van der Waals surface area (Å²) in [6.07, 6.45) is 1.74. The molecule has 0 aliphatic carbocycles. The number of hydrogen-bond donors (Lipinski definition) is 1. The Morgan fingerprint density at radius 2 is 2.12 bits per heavy atom. The highest BCUT2D eigenvalue weighted by Gasteiger charge is 2.19. The van der Waals surface area contributed by atoms with Crippen molar-refractivity contribution in [2.75, 3.05) is 11.1 Å². The molecule has 0 atom stereocenters. The predicted molar refractivity (Wildman–Crippen MR) is 104 cm³/mol. The Labute approximate surface area is 157 Å². The molecule has 2 rings (SSSR count). The lowest BCUT2D eigenvalue weighted by Crippen LogP contribution is -2.14. The first kappa shape index (κ1) is 20.0. The van der Waals surface area contributed by atoms with Crippen molar-refractivity contribution in [1.82, 2.24) is 9.78 Å². The fourth-order valence-corrected chi connectivity index (χ4v) is 3.59. The third kappa shape index (κ3) is 5.08. The minimum atomic E-state index is -0.437. The molecule has 0 bridgehead atoms. The average molecular weight is 376 g/mol. The summed E-state index contributed by atoms with van der Waals surface area (Å²) in [6, 6.07) is 6.41. The second kappa shape index (κ2) is 8.84. The van der Waals surface area contributed by atoms with Crippen LogP contribution in [0.2, 0.25) is 0 Å². The number of nitrogens with zero attached hydrogens (tertiary/aromatic N) is 3. The van der Waals surface area contributed by atoms with Gasteiger partial charge in [-0.25, -0.2) is 0 Å². The third-order valence-corrected chi connectivity index (χ3v) is 5.00. The molecule has 0 spiro atoms. The van der Waals surface area contributed by atoms with E-state index in [4.69, 9.17) is 0 Å². The Morgan fingerprint density at radius 1 is 1.38 bits per heavy atom. The maximum atomic E-state index is 12.5. The second-order valence-corrected chi connectivity index (χ2v) is 7.56. The van der Waals surface area contributed by atoms with Crippen molar-refractivity contribution in [2.24, 2.45) is 13.0 Å². The van der Waals surface area contributed by atoms with Gasteiger partial charge in [0.15, 0.2) is 0 Å². The number of anilines is 1. The Hall–Kier alpha value is -2.35. The van der Waals surface area contributed by atoms with E-state index in [0.717, 1.165) is 24.3 Å². The molecule has 0 aliphatic heterocycles. The molecule has 1 heterocycles. The van der Waals surface area contributed by atoms with Crippen LogP contribution >= 0.6 is 11.8 Å². The fourth-order valence-electron chi connectivity index (χ4n) is 2.33. The van der Waals surface area contributed by atoms with Crippen LogP contribution in [0.15, 0.2) is 29.2 Å². The topological polar surface area (TPSA) is 90.1 Å². The first-order valence-corrected chi connectivity index (χ1v) is 9.55. The van der Waals surface area contributed by atoms with Crippen molar-refractivity contribution in [3.63, 3.8) is 0 Å². The largest absolute Gasteiger partial charge is 0.307 e. The van der Waals surface area contributed by atoms with E-state index in [1.54, 1.807) is 29.9 Å². The lowest BCUT2D eigenvalue weighted by molar-refractivity contribution is -0.387. The summed E-state index contributed by atoms with van der Waals surface area (Å²) < 4.78 is 1.58. The molecule has 0 fully saturated rings. The van der Waals surface area contributed by atoms with Crippen molar-refractivity contribution in [1.29, 1.82) is 0 Å². The molecular weight excluding hydrogens is 352 g/mol. The maximum absolute atomic E-state index is 12.5. The molecule has 8 heteroatoms. The second-order valence-electron chi connectivity index (χ2n) is 6.42. The van der Waals surface area contributed by atoms with Gasteiger partial charge in [0.25, 0.3) is 11.6 Å². The monoisotopic (exact) mass is 376 g/mol. The van der Waals surface area contributed by atoms with Crippen LogP contribution in [0.5, 0.6) is 0 Å². The molecule has 2 aromatic rings. The van der Waals surface area contributed by atoms with Crippen LogP contribution in [-0.2, 0) is 13.5 Å². The number of thioether (sulfide) groups is 1. The molecule has 26 heavy (non-hydrogen) atoms. The lowest BCUT2D eigenvalue weighted by atomic mass is 10.2. The van der Waals surface area contributed by atoms with E-state index in [9.17, 15) is 14.9 Å². The number of nitrogens with one attached hydrogen (secondary N) is 1.